The maximum atomic E-state index is 10.8. The van der Waals surface area contributed by atoms with Crippen molar-refractivity contribution in [3.8, 4) is 5.75 Å². The second kappa shape index (κ2) is 7.91. The lowest BCUT2D eigenvalue weighted by atomic mass is 9.84. The van der Waals surface area contributed by atoms with E-state index >= 15 is 0 Å². The Kier molecular flexibility index (Phi) is 5.90. The second-order valence-electron chi connectivity index (χ2n) is 5.83. The van der Waals surface area contributed by atoms with Crippen LogP contribution in [0.25, 0.3) is 0 Å². The van der Waals surface area contributed by atoms with Crippen LogP contribution in [0.1, 0.15) is 45.4 Å². The first-order chi connectivity index (χ1) is 10.2. The lowest BCUT2D eigenvalue weighted by Gasteiger charge is -2.29. The third kappa shape index (κ3) is 4.96. The number of rotatable bonds is 7. The molecule has 4 nitrogen and oxygen atoms in total. The van der Waals surface area contributed by atoms with Gasteiger partial charge in [-0.1, -0.05) is 25.5 Å². The normalized spacial score (nSPS) is 21.8. The van der Waals surface area contributed by atoms with Crippen molar-refractivity contribution in [2.75, 3.05) is 11.9 Å². The number of para-hydroxylation sites is 2. The topological polar surface area (TPSA) is 64.3 Å². The summed E-state index contributed by atoms with van der Waals surface area (Å²) in [6.07, 6.45) is 6.58. The molecule has 0 atom stereocenters. The van der Waals surface area contributed by atoms with Crippen LogP contribution >= 0.6 is 0 Å². The number of hydrogen-bond acceptors (Lipinski definition) is 3. The number of nitrogens with two attached hydrogens (primary N) is 1. The number of anilines is 1. The number of primary amides is 1. The van der Waals surface area contributed by atoms with Crippen LogP contribution in [0.15, 0.2) is 24.3 Å². The van der Waals surface area contributed by atoms with Crippen molar-refractivity contribution >= 4 is 11.6 Å². The number of carbonyl (C=O) groups excluding carboxylic acids is 1. The Bertz CT molecular complexity index is 454. The summed E-state index contributed by atoms with van der Waals surface area (Å²) in [7, 11) is 0. The van der Waals surface area contributed by atoms with Crippen LogP contribution < -0.4 is 15.8 Å². The van der Waals surface area contributed by atoms with Crippen LogP contribution in [-0.4, -0.2) is 18.6 Å². The van der Waals surface area contributed by atoms with Crippen molar-refractivity contribution in [2.24, 2.45) is 11.7 Å². The maximum absolute atomic E-state index is 10.8. The fraction of sp³-hybridized carbons (Fsp3) is 0.588. The molecule has 0 spiro atoms. The predicted octanol–water partition coefficient (Wildman–Crippen LogP) is 3.32. The molecule has 0 heterocycles. The van der Waals surface area contributed by atoms with Crippen molar-refractivity contribution in [1.82, 2.24) is 0 Å². The average Bonchev–Trinajstić information content (AvgIpc) is 2.49. The lowest BCUT2D eigenvalue weighted by molar-refractivity contribution is -0.118. The molecular formula is C17H26N2O2. The summed E-state index contributed by atoms with van der Waals surface area (Å²) in [6, 6.07) is 8.43. The Labute approximate surface area is 127 Å². The van der Waals surface area contributed by atoms with E-state index in [2.05, 4.69) is 12.2 Å². The van der Waals surface area contributed by atoms with Gasteiger partial charge in [0.05, 0.1) is 18.7 Å². The maximum Gasteiger partial charge on any atom is 0.220 e. The predicted molar refractivity (Wildman–Crippen MR) is 85.4 cm³/mol. The molecule has 0 bridgehead atoms. The van der Waals surface area contributed by atoms with Crippen LogP contribution in [0.2, 0.25) is 0 Å². The summed E-state index contributed by atoms with van der Waals surface area (Å²) in [5.74, 6) is 1.36. The largest absolute Gasteiger partial charge is 0.491 e. The minimum absolute atomic E-state index is 0.246. The van der Waals surface area contributed by atoms with Gasteiger partial charge in [0.1, 0.15) is 5.75 Å². The van der Waals surface area contributed by atoms with Crippen LogP contribution in [0, 0.1) is 5.92 Å². The molecule has 1 aliphatic carbocycles. The van der Waals surface area contributed by atoms with Crippen molar-refractivity contribution in [3.05, 3.63) is 24.3 Å². The lowest BCUT2D eigenvalue weighted by Crippen LogP contribution is -2.26. The monoisotopic (exact) mass is 290 g/mol. The van der Waals surface area contributed by atoms with Crippen LogP contribution in [-0.2, 0) is 4.79 Å². The van der Waals surface area contributed by atoms with Gasteiger partial charge in [-0.3, -0.25) is 4.79 Å². The fourth-order valence-electron chi connectivity index (χ4n) is 2.91. The number of amides is 1. The summed E-state index contributed by atoms with van der Waals surface area (Å²) < 4.78 is 5.67. The molecule has 0 aliphatic heterocycles. The summed E-state index contributed by atoms with van der Waals surface area (Å²) in [6.45, 7) is 2.61. The van der Waals surface area contributed by atoms with Gasteiger partial charge < -0.3 is 15.8 Å². The molecule has 1 saturated carbocycles. The van der Waals surface area contributed by atoms with Gasteiger partial charge in [0, 0.05) is 6.04 Å². The Morgan fingerprint density at radius 3 is 2.67 bits per heavy atom. The van der Waals surface area contributed by atoms with Crippen molar-refractivity contribution in [1.29, 1.82) is 0 Å². The number of hydrogen-bond donors (Lipinski definition) is 2. The Hall–Kier alpha value is -1.71. The third-order valence-electron chi connectivity index (χ3n) is 4.28. The molecule has 0 unspecified atom stereocenters. The molecule has 4 heteroatoms. The van der Waals surface area contributed by atoms with E-state index in [1.54, 1.807) is 0 Å². The zero-order valence-corrected chi connectivity index (χ0v) is 12.8. The van der Waals surface area contributed by atoms with Gasteiger partial charge in [0.15, 0.2) is 0 Å². The Balaban J connectivity index is 1.89. The zero-order chi connectivity index (χ0) is 15.1. The van der Waals surface area contributed by atoms with Gasteiger partial charge in [-0.05, 0) is 43.7 Å². The molecule has 2 rings (SSSR count). The summed E-state index contributed by atoms with van der Waals surface area (Å²) in [4.78, 5) is 10.8. The molecule has 0 aromatic heterocycles. The zero-order valence-electron chi connectivity index (χ0n) is 12.8. The molecule has 1 aromatic rings. The minimum atomic E-state index is -0.335. The first-order valence-electron chi connectivity index (χ1n) is 7.95. The molecule has 3 N–H and O–H groups in total. The Morgan fingerprint density at radius 2 is 2.00 bits per heavy atom. The molecule has 21 heavy (non-hydrogen) atoms. The van der Waals surface area contributed by atoms with Crippen molar-refractivity contribution < 1.29 is 9.53 Å². The second-order valence-corrected chi connectivity index (χ2v) is 5.83. The molecule has 1 fully saturated rings. The highest BCUT2D eigenvalue weighted by Crippen LogP contribution is 2.31. The Morgan fingerprint density at radius 1 is 1.29 bits per heavy atom. The van der Waals surface area contributed by atoms with E-state index in [4.69, 9.17) is 10.5 Å². The molecule has 0 saturated heterocycles. The van der Waals surface area contributed by atoms with Crippen LogP contribution in [0.4, 0.5) is 5.69 Å². The minimum Gasteiger partial charge on any atom is -0.491 e. The van der Waals surface area contributed by atoms with Gasteiger partial charge >= 0.3 is 0 Å². The number of carbonyl (C=O) groups is 1. The molecule has 0 radical (unpaired) electrons. The average molecular weight is 290 g/mol. The molecule has 116 valence electrons. The number of ether oxygens (including phenoxy) is 1. The third-order valence-corrected chi connectivity index (χ3v) is 4.28. The van der Waals surface area contributed by atoms with Crippen LogP contribution in [0.5, 0.6) is 5.75 Å². The first-order valence-corrected chi connectivity index (χ1v) is 7.95. The van der Waals surface area contributed by atoms with E-state index in [1.807, 2.05) is 24.3 Å². The molecule has 1 amide bonds. The van der Waals surface area contributed by atoms with E-state index < -0.39 is 0 Å². The van der Waals surface area contributed by atoms with E-state index in [1.165, 1.54) is 32.1 Å². The van der Waals surface area contributed by atoms with Gasteiger partial charge in [0.2, 0.25) is 5.91 Å². The van der Waals surface area contributed by atoms with E-state index in [9.17, 15) is 4.79 Å². The highest BCUT2D eigenvalue weighted by Gasteiger charge is 2.20. The van der Waals surface area contributed by atoms with Gasteiger partial charge in [0.25, 0.3) is 0 Å². The first kappa shape index (κ1) is 15.7. The fourth-order valence-corrected chi connectivity index (χ4v) is 2.91. The summed E-state index contributed by atoms with van der Waals surface area (Å²) in [5.41, 5.74) is 6.15. The van der Waals surface area contributed by atoms with Gasteiger partial charge in [-0.15, -0.1) is 0 Å². The standard InChI is InChI=1S/C17H26N2O2/c1-2-13-7-9-14(10-8-13)19-15-5-3-4-6-16(15)21-12-11-17(18)20/h3-6,13-14,19H,2,7-12H2,1H3,(H2,18,20). The quantitative estimate of drug-likeness (QED) is 0.809. The summed E-state index contributed by atoms with van der Waals surface area (Å²) >= 11 is 0. The SMILES string of the molecule is CCC1CCC(Nc2ccccc2OCCC(N)=O)CC1. The van der Waals surface area contributed by atoms with Gasteiger partial charge in [-0.2, -0.15) is 0 Å². The van der Waals surface area contributed by atoms with E-state index in [-0.39, 0.29) is 12.3 Å². The molecule has 1 aromatic carbocycles. The highest BCUT2D eigenvalue weighted by molar-refractivity contribution is 5.73. The van der Waals surface area contributed by atoms with E-state index in [0.29, 0.717) is 12.6 Å². The van der Waals surface area contributed by atoms with Crippen molar-refractivity contribution in [2.45, 2.75) is 51.5 Å². The van der Waals surface area contributed by atoms with Crippen molar-refractivity contribution in [3.63, 3.8) is 0 Å². The summed E-state index contributed by atoms with van der Waals surface area (Å²) in [5, 5.41) is 3.59. The number of benzene rings is 1. The number of nitrogens with one attached hydrogen (secondary N) is 1. The van der Waals surface area contributed by atoms with Crippen LogP contribution in [0.3, 0.4) is 0 Å². The highest BCUT2D eigenvalue weighted by atomic mass is 16.5. The smallest absolute Gasteiger partial charge is 0.220 e. The van der Waals surface area contributed by atoms with E-state index in [0.717, 1.165) is 17.4 Å². The molecule has 1 aliphatic rings. The molecular weight excluding hydrogens is 264 g/mol. The van der Waals surface area contributed by atoms with Gasteiger partial charge in [-0.25, -0.2) is 0 Å².